The van der Waals surface area contributed by atoms with E-state index >= 15 is 0 Å². The molecule has 2 saturated heterocycles. The van der Waals surface area contributed by atoms with Gasteiger partial charge in [0.15, 0.2) is 0 Å². The summed E-state index contributed by atoms with van der Waals surface area (Å²) < 4.78 is 93.1. The van der Waals surface area contributed by atoms with Crippen LogP contribution in [0.2, 0.25) is 0 Å². The van der Waals surface area contributed by atoms with Crippen molar-refractivity contribution in [3.63, 3.8) is 0 Å². The molecule has 0 saturated carbocycles. The van der Waals surface area contributed by atoms with E-state index in [1.54, 1.807) is 12.1 Å². The van der Waals surface area contributed by atoms with Crippen LogP contribution in [0.15, 0.2) is 42.5 Å². The first-order chi connectivity index (χ1) is 16.3. The summed E-state index contributed by atoms with van der Waals surface area (Å²) in [6, 6.07) is 6.36. The lowest BCUT2D eigenvalue weighted by molar-refractivity contribution is -0.143. The van der Waals surface area contributed by atoms with Gasteiger partial charge in [-0.25, -0.2) is 4.39 Å². The van der Waals surface area contributed by atoms with Crippen LogP contribution in [0.1, 0.15) is 45.8 Å². The molecule has 0 radical (unpaired) electrons. The summed E-state index contributed by atoms with van der Waals surface area (Å²) in [5, 5.41) is 9.96. The molecule has 2 heterocycles. The fourth-order valence-corrected chi connectivity index (χ4v) is 4.93. The third kappa shape index (κ3) is 5.61. The molecule has 2 fully saturated rings. The Bertz CT molecular complexity index is 1040. The molecule has 2 aliphatic heterocycles. The highest BCUT2D eigenvalue weighted by atomic mass is 19.4. The second kappa shape index (κ2) is 9.42. The van der Waals surface area contributed by atoms with Crippen molar-refractivity contribution in [1.29, 1.82) is 0 Å². The Morgan fingerprint density at radius 1 is 0.857 bits per heavy atom. The van der Waals surface area contributed by atoms with Crippen molar-refractivity contribution in [1.82, 2.24) is 9.80 Å². The van der Waals surface area contributed by atoms with E-state index < -0.39 is 46.9 Å². The first-order valence-electron chi connectivity index (χ1n) is 11.1. The number of β-amino-alcohol motifs (C(OH)–C–C–N with tert-alkyl or cyclic N) is 1. The smallest absolute Gasteiger partial charge is 0.392 e. The molecule has 0 aromatic heterocycles. The Kier molecular flexibility index (Phi) is 6.85. The second-order valence-corrected chi connectivity index (χ2v) is 9.00. The predicted molar refractivity (Wildman–Crippen MR) is 112 cm³/mol. The molecule has 0 aliphatic carbocycles. The van der Waals surface area contributed by atoms with Crippen molar-refractivity contribution in [2.24, 2.45) is 0 Å². The summed E-state index contributed by atoms with van der Waals surface area (Å²) in [7, 11) is 0. The fourth-order valence-electron chi connectivity index (χ4n) is 4.93. The number of piperidine rings is 1. The third-order valence-electron chi connectivity index (χ3n) is 6.66. The maximum Gasteiger partial charge on any atom is 0.416 e. The number of nitrogens with zero attached hydrogens (tertiary/aromatic N) is 2. The predicted octanol–water partition coefficient (Wildman–Crippen LogP) is 4.93. The highest BCUT2D eigenvalue weighted by molar-refractivity contribution is 5.95. The molecule has 11 heteroatoms. The minimum Gasteiger partial charge on any atom is -0.392 e. The summed E-state index contributed by atoms with van der Waals surface area (Å²) in [4.78, 5) is 16.5. The number of aliphatic hydroxyl groups is 1. The van der Waals surface area contributed by atoms with Crippen molar-refractivity contribution in [2.75, 3.05) is 26.2 Å². The van der Waals surface area contributed by atoms with Gasteiger partial charge in [-0.05, 0) is 48.7 Å². The minimum absolute atomic E-state index is 0.0109. The van der Waals surface area contributed by atoms with Gasteiger partial charge in [0.1, 0.15) is 5.82 Å². The Labute approximate surface area is 196 Å². The number of hydrogen-bond acceptors (Lipinski definition) is 3. The van der Waals surface area contributed by atoms with E-state index in [0.717, 1.165) is 0 Å². The van der Waals surface area contributed by atoms with E-state index in [1.807, 2.05) is 0 Å². The third-order valence-corrected chi connectivity index (χ3v) is 6.66. The molecule has 3 atom stereocenters. The molecular formula is C24H23F7N2O2. The van der Waals surface area contributed by atoms with Crippen molar-refractivity contribution >= 4 is 5.91 Å². The first-order valence-corrected chi connectivity index (χ1v) is 11.1. The molecule has 0 spiro atoms. The Morgan fingerprint density at radius 3 is 1.97 bits per heavy atom. The number of carbonyl (C=O) groups is 1. The van der Waals surface area contributed by atoms with Crippen LogP contribution < -0.4 is 0 Å². The largest absolute Gasteiger partial charge is 0.416 e. The maximum absolute atomic E-state index is 13.5. The van der Waals surface area contributed by atoms with Crippen LogP contribution in [-0.4, -0.2) is 59.1 Å². The number of amides is 1. The molecule has 190 valence electrons. The molecule has 4 rings (SSSR count). The van der Waals surface area contributed by atoms with Crippen LogP contribution in [0, 0.1) is 5.82 Å². The highest BCUT2D eigenvalue weighted by Crippen LogP contribution is 2.38. The molecule has 35 heavy (non-hydrogen) atoms. The van der Waals surface area contributed by atoms with E-state index in [2.05, 4.69) is 4.90 Å². The van der Waals surface area contributed by atoms with Gasteiger partial charge in [0.2, 0.25) is 0 Å². The van der Waals surface area contributed by atoms with E-state index in [0.29, 0.717) is 43.6 Å². The van der Waals surface area contributed by atoms with Crippen molar-refractivity contribution in [2.45, 2.75) is 43.3 Å². The van der Waals surface area contributed by atoms with E-state index in [4.69, 9.17) is 0 Å². The highest BCUT2D eigenvalue weighted by Gasteiger charge is 2.41. The number of alkyl halides is 6. The van der Waals surface area contributed by atoms with Crippen LogP contribution >= 0.6 is 0 Å². The number of likely N-dealkylation sites (tertiary alicyclic amines) is 2. The van der Waals surface area contributed by atoms with Gasteiger partial charge < -0.3 is 10.0 Å². The second-order valence-electron chi connectivity index (χ2n) is 9.00. The lowest BCUT2D eigenvalue weighted by atomic mass is 9.84. The minimum atomic E-state index is -5.06. The maximum atomic E-state index is 13.5. The number of hydrogen-bond donors (Lipinski definition) is 1. The first kappa shape index (κ1) is 25.4. The van der Waals surface area contributed by atoms with E-state index in [-0.39, 0.29) is 31.1 Å². The van der Waals surface area contributed by atoms with E-state index in [1.165, 1.54) is 17.0 Å². The molecule has 2 aromatic carbocycles. The lowest BCUT2D eigenvalue weighted by Crippen LogP contribution is -2.51. The number of halogens is 7. The summed E-state index contributed by atoms with van der Waals surface area (Å²) in [5.41, 5.74) is -3.10. The van der Waals surface area contributed by atoms with Gasteiger partial charge in [-0.1, -0.05) is 12.1 Å². The van der Waals surface area contributed by atoms with Crippen molar-refractivity contribution in [3.05, 3.63) is 70.5 Å². The zero-order valence-electron chi connectivity index (χ0n) is 18.4. The summed E-state index contributed by atoms with van der Waals surface area (Å²) in [6.07, 6.45) is -9.66. The van der Waals surface area contributed by atoms with Crippen LogP contribution in [0.5, 0.6) is 0 Å². The van der Waals surface area contributed by atoms with Gasteiger partial charge in [-0.3, -0.25) is 9.69 Å². The van der Waals surface area contributed by atoms with Crippen LogP contribution in [-0.2, 0) is 12.4 Å². The summed E-state index contributed by atoms with van der Waals surface area (Å²) in [5.74, 6) is -1.77. The Hall–Kier alpha value is -2.66. The van der Waals surface area contributed by atoms with Gasteiger partial charge in [-0.15, -0.1) is 0 Å². The Morgan fingerprint density at radius 2 is 1.46 bits per heavy atom. The molecule has 1 N–H and O–H groups in total. The van der Waals surface area contributed by atoms with Crippen LogP contribution in [0.4, 0.5) is 30.7 Å². The quantitative estimate of drug-likeness (QED) is 0.604. The summed E-state index contributed by atoms with van der Waals surface area (Å²) in [6.45, 7) is 1.17. The average Bonchev–Trinajstić information content (AvgIpc) is 3.23. The average molecular weight is 504 g/mol. The van der Waals surface area contributed by atoms with Gasteiger partial charge in [0, 0.05) is 43.7 Å². The number of carbonyl (C=O) groups excluding carboxylic acids is 1. The monoisotopic (exact) mass is 504 g/mol. The Balaban J connectivity index is 1.65. The lowest BCUT2D eigenvalue weighted by Gasteiger charge is -2.43. The van der Waals surface area contributed by atoms with Crippen molar-refractivity contribution < 1.29 is 40.6 Å². The topological polar surface area (TPSA) is 43.8 Å². The number of rotatable bonds is 3. The van der Waals surface area contributed by atoms with E-state index in [9.17, 15) is 40.6 Å². The van der Waals surface area contributed by atoms with Crippen molar-refractivity contribution in [3.8, 4) is 0 Å². The molecule has 0 bridgehead atoms. The van der Waals surface area contributed by atoms with Gasteiger partial charge in [0.25, 0.3) is 5.91 Å². The van der Waals surface area contributed by atoms with Gasteiger partial charge >= 0.3 is 12.4 Å². The molecule has 2 aromatic rings. The standard InChI is InChI=1S/C24H23F7N2O2/c25-18-3-1-14(2-4-18)20-13-33(8-6-21(20)32-7-5-19(34)12-32)22(35)15-9-16(23(26,27)28)11-17(10-15)24(29,30)31/h1-4,9-11,19-21,34H,5-8,12-13H2. The van der Waals surface area contributed by atoms with Gasteiger partial charge in [0.05, 0.1) is 17.2 Å². The van der Waals surface area contributed by atoms with Crippen LogP contribution in [0.25, 0.3) is 0 Å². The zero-order valence-corrected chi connectivity index (χ0v) is 18.4. The molecular weight excluding hydrogens is 481 g/mol. The normalized spacial score (nSPS) is 24.1. The number of aliphatic hydroxyl groups excluding tert-OH is 1. The summed E-state index contributed by atoms with van der Waals surface area (Å²) >= 11 is 0. The SMILES string of the molecule is O=C(c1cc(C(F)(F)F)cc(C(F)(F)F)c1)N1CCC(N2CCC(O)C2)C(c2ccc(F)cc2)C1. The van der Waals surface area contributed by atoms with Crippen LogP contribution in [0.3, 0.4) is 0 Å². The fraction of sp³-hybridized carbons (Fsp3) is 0.458. The zero-order chi connectivity index (χ0) is 25.5. The molecule has 4 nitrogen and oxygen atoms in total. The van der Waals surface area contributed by atoms with Gasteiger partial charge in [-0.2, -0.15) is 26.3 Å². The molecule has 2 aliphatic rings. The molecule has 1 amide bonds. The molecule has 3 unspecified atom stereocenters. The number of benzene rings is 2.